The Balaban J connectivity index is 1.70. The number of fused-ring (bicyclic) bond motifs is 1. The second-order valence-corrected chi connectivity index (χ2v) is 6.94. The molecular formula is C19H26N2O3. The molecule has 2 unspecified atom stereocenters. The van der Waals surface area contributed by atoms with Crippen molar-refractivity contribution in [2.24, 2.45) is 5.92 Å². The van der Waals surface area contributed by atoms with Gasteiger partial charge in [0.2, 0.25) is 0 Å². The molecule has 2 amide bonds. The van der Waals surface area contributed by atoms with E-state index in [0.29, 0.717) is 6.54 Å². The summed E-state index contributed by atoms with van der Waals surface area (Å²) in [5.41, 5.74) is 3.17. The molecule has 1 fully saturated rings. The van der Waals surface area contributed by atoms with Gasteiger partial charge in [0.05, 0.1) is 0 Å². The highest BCUT2D eigenvalue weighted by Gasteiger charge is 2.32. The fourth-order valence-electron chi connectivity index (χ4n) is 3.97. The number of amides is 2. The maximum Gasteiger partial charge on any atom is 0.316 e. The van der Waals surface area contributed by atoms with Gasteiger partial charge in [-0.05, 0) is 43.4 Å². The standard InChI is InChI=1S/C19H26N2O3/c1-13-6-5-9-17-15(13)10-11-21(17)19(24)18(23)20-16-8-4-2-3-7-14(16)12-22/h5-6,9,14,16,22H,2-4,7-8,10-12H2,1H3,(H,20,23). The molecule has 1 aliphatic heterocycles. The van der Waals surface area contributed by atoms with Crippen LogP contribution in [0.1, 0.15) is 43.2 Å². The van der Waals surface area contributed by atoms with Crippen LogP contribution in [0.3, 0.4) is 0 Å². The van der Waals surface area contributed by atoms with Crippen molar-refractivity contribution in [1.29, 1.82) is 0 Å². The van der Waals surface area contributed by atoms with Gasteiger partial charge < -0.3 is 15.3 Å². The Bertz CT molecular complexity index is 629. The Morgan fingerprint density at radius 2 is 2.04 bits per heavy atom. The summed E-state index contributed by atoms with van der Waals surface area (Å²) < 4.78 is 0. The van der Waals surface area contributed by atoms with Crippen molar-refractivity contribution in [2.45, 2.75) is 51.5 Å². The number of hydrogen-bond acceptors (Lipinski definition) is 3. The van der Waals surface area contributed by atoms with E-state index in [2.05, 4.69) is 5.32 Å². The van der Waals surface area contributed by atoms with Gasteiger partial charge in [0.25, 0.3) is 0 Å². The first kappa shape index (κ1) is 17.0. The van der Waals surface area contributed by atoms with Crippen molar-refractivity contribution in [3.8, 4) is 0 Å². The van der Waals surface area contributed by atoms with Crippen molar-refractivity contribution < 1.29 is 14.7 Å². The van der Waals surface area contributed by atoms with Crippen molar-refractivity contribution in [2.75, 3.05) is 18.1 Å². The number of aryl methyl sites for hydroxylation is 1. The zero-order valence-corrected chi connectivity index (χ0v) is 14.3. The lowest BCUT2D eigenvalue weighted by molar-refractivity contribution is -0.138. The molecule has 3 rings (SSSR count). The quantitative estimate of drug-likeness (QED) is 0.643. The highest BCUT2D eigenvalue weighted by Crippen LogP contribution is 2.30. The molecule has 1 aliphatic carbocycles. The van der Waals surface area contributed by atoms with E-state index in [1.54, 1.807) is 4.90 Å². The largest absolute Gasteiger partial charge is 0.396 e. The fourth-order valence-corrected chi connectivity index (χ4v) is 3.97. The lowest BCUT2D eigenvalue weighted by atomic mass is 9.95. The molecule has 1 aromatic rings. The van der Waals surface area contributed by atoms with Gasteiger partial charge in [-0.15, -0.1) is 0 Å². The number of carbonyl (C=O) groups excluding carboxylic acids is 2. The summed E-state index contributed by atoms with van der Waals surface area (Å²) in [7, 11) is 0. The van der Waals surface area contributed by atoms with Crippen LogP contribution in [0.15, 0.2) is 18.2 Å². The van der Waals surface area contributed by atoms with Crippen LogP contribution in [0.25, 0.3) is 0 Å². The van der Waals surface area contributed by atoms with Gasteiger partial charge in [-0.25, -0.2) is 0 Å². The molecule has 0 bridgehead atoms. The Hall–Kier alpha value is -1.88. The van der Waals surface area contributed by atoms with E-state index in [0.717, 1.165) is 55.3 Å². The van der Waals surface area contributed by atoms with Crippen LogP contribution in [0.5, 0.6) is 0 Å². The van der Waals surface area contributed by atoms with Crippen molar-refractivity contribution in [3.63, 3.8) is 0 Å². The van der Waals surface area contributed by atoms with E-state index in [-0.39, 0.29) is 18.6 Å². The predicted molar refractivity (Wildman–Crippen MR) is 92.8 cm³/mol. The molecule has 0 aromatic heterocycles. The predicted octanol–water partition coefficient (Wildman–Crippen LogP) is 1.94. The molecular weight excluding hydrogens is 304 g/mol. The Labute approximate surface area is 143 Å². The summed E-state index contributed by atoms with van der Waals surface area (Å²) in [5, 5.41) is 12.5. The minimum Gasteiger partial charge on any atom is -0.396 e. The summed E-state index contributed by atoms with van der Waals surface area (Å²) >= 11 is 0. The van der Waals surface area contributed by atoms with Crippen LogP contribution in [0.2, 0.25) is 0 Å². The van der Waals surface area contributed by atoms with Crippen LogP contribution in [0.4, 0.5) is 5.69 Å². The zero-order chi connectivity index (χ0) is 17.1. The first-order valence-corrected chi connectivity index (χ1v) is 8.93. The number of anilines is 1. The first-order chi connectivity index (χ1) is 11.6. The van der Waals surface area contributed by atoms with Gasteiger partial charge in [-0.1, -0.05) is 31.4 Å². The van der Waals surface area contributed by atoms with E-state index in [1.165, 1.54) is 0 Å². The lowest BCUT2D eigenvalue weighted by Crippen LogP contribution is -2.48. The van der Waals surface area contributed by atoms with E-state index >= 15 is 0 Å². The minimum absolute atomic E-state index is 0.0531. The average Bonchev–Trinajstić information content (AvgIpc) is 2.89. The van der Waals surface area contributed by atoms with Gasteiger partial charge in [-0.2, -0.15) is 0 Å². The van der Waals surface area contributed by atoms with Gasteiger partial charge in [0, 0.05) is 30.8 Å². The topological polar surface area (TPSA) is 69.6 Å². The first-order valence-electron chi connectivity index (χ1n) is 8.93. The molecule has 0 radical (unpaired) electrons. The third-order valence-corrected chi connectivity index (χ3v) is 5.41. The summed E-state index contributed by atoms with van der Waals surface area (Å²) in [6.07, 6.45) is 5.76. The summed E-state index contributed by atoms with van der Waals surface area (Å²) in [5.74, 6) is -0.979. The zero-order valence-electron chi connectivity index (χ0n) is 14.3. The SMILES string of the molecule is Cc1cccc2c1CCN2C(=O)C(=O)NC1CCCCCC1CO. The van der Waals surface area contributed by atoms with Crippen LogP contribution < -0.4 is 10.2 Å². The molecule has 1 aromatic carbocycles. The van der Waals surface area contributed by atoms with Crippen molar-refractivity contribution >= 4 is 17.5 Å². The monoisotopic (exact) mass is 330 g/mol. The van der Waals surface area contributed by atoms with Crippen molar-refractivity contribution in [3.05, 3.63) is 29.3 Å². The highest BCUT2D eigenvalue weighted by molar-refractivity contribution is 6.40. The Morgan fingerprint density at radius 3 is 2.83 bits per heavy atom. The van der Waals surface area contributed by atoms with Gasteiger partial charge in [0.15, 0.2) is 0 Å². The molecule has 0 saturated heterocycles. The Kier molecular flexibility index (Phi) is 5.19. The van der Waals surface area contributed by atoms with E-state index in [4.69, 9.17) is 0 Å². The molecule has 2 N–H and O–H groups in total. The maximum absolute atomic E-state index is 12.6. The second-order valence-electron chi connectivity index (χ2n) is 6.94. The maximum atomic E-state index is 12.6. The average molecular weight is 330 g/mol. The molecule has 130 valence electrons. The molecule has 0 spiro atoms. The van der Waals surface area contributed by atoms with E-state index in [9.17, 15) is 14.7 Å². The number of rotatable bonds is 2. The summed E-state index contributed by atoms with van der Waals surface area (Å²) in [6, 6.07) is 5.76. The minimum atomic E-state index is -0.547. The Morgan fingerprint density at radius 1 is 1.25 bits per heavy atom. The van der Waals surface area contributed by atoms with E-state index in [1.807, 2.05) is 25.1 Å². The van der Waals surface area contributed by atoms with Crippen LogP contribution in [-0.4, -0.2) is 36.1 Å². The van der Waals surface area contributed by atoms with Crippen LogP contribution in [0, 0.1) is 12.8 Å². The molecule has 1 saturated carbocycles. The number of hydrogen-bond donors (Lipinski definition) is 2. The smallest absolute Gasteiger partial charge is 0.316 e. The molecule has 2 aliphatic rings. The summed E-state index contributed by atoms with van der Waals surface area (Å²) in [4.78, 5) is 26.7. The number of carbonyl (C=O) groups is 2. The number of aliphatic hydroxyl groups is 1. The van der Waals surface area contributed by atoms with E-state index < -0.39 is 11.8 Å². The highest BCUT2D eigenvalue weighted by atomic mass is 16.3. The van der Waals surface area contributed by atoms with Crippen LogP contribution in [-0.2, 0) is 16.0 Å². The van der Waals surface area contributed by atoms with Gasteiger partial charge >= 0.3 is 11.8 Å². The third kappa shape index (κ3) is 3.31. The van der Waals surface area contributed by atoms with Crippen molar-refractivity contribution in [1.82, 2.24) is 5.32 Å². The number of nitrogens with one attached hydrogen (secondary N) is 1. The number of aliphatic hydroxyl groups excluding tert-OH is 1. The molecule has 5 nitrogen and oxygen atoms in total. The van der Waals surface area contributed by atoms with Gasteiger partial charge in [0.1, 0.15) is 0 Å². The normalized spacial score (nSPS) is 23.5. The number of benzene rings is 1. The second kappa shape index (κ2) is 7.34. The van der Waals surface area contributed by atoms with Gasteiger partial charge in [-0.3, -0.25) is 9.59 Å². The lowest BCUT2D eigenvalue weighted by Gasteiger charge is -2.25. The van der Waals surface area contributed by atoms with Crippen LogP contribution >= 0.6 is 0 Å². The molecule has 1 heterocycles. The molecule has 24 heavy (non-hydrogen) atoms. The summed E-state index contributed by atoms with van der Waals surface area (Å²) in [6.45, 7) is 2.65. The number of nitrogens with zero attached hydrogens (tertiary/aromatic N) is 1. The molecule has 2 atom stereocenters. The molecule has 5 heteroatoms. The fraction of sp³-hybridized carbons (Fsp3) is 0.579. The third-order valence-electron chi connectivity index (χ3n) is 5.41.